The molecule has 2 rings (SSSR count). The Morgan fingerprint density at radius 2 is 0.816 bits per heavy atom. The Hall–Kier alpha value is -0.910. The number of benzene rings is 2. The van der Waals surface area contributed by atoms with Crippen molar-refractivity contribution in [1.29, 1.82) is 0 Å². The molecule has 0 aliphatic carbocycles. The monoisotopic (exact) mass is 730 g/mol. The van der Waals surface area contributed by atoms with Crippen LogP contribution in [0.25, 0.3) is 0 Å². The van der Waals surface area contributed by atoms with Crippen molar-refractivity contribution >= 4 is 35.3 Å². The van der Waals surface area contributed by atoms with Gasteiger partial charge in [-0.3, -0.25) is 0 Å². The molecular weight excluding hydrogens is 657 g/mol. The minimum absolute atomic E-state index is 0.165. The number of unbranched alkanes of at least 4 members (excludes halogenated alkanes) is 9. The van der Waals surface area contributed by atoms with Crippen molar-refractivity contribution in [1.82, 2.24) is 0 Å². The summed E-state index contributed by atoms with van der Waals surface area (Å²) in [5, 5.41) is 23.4. The zero-order valence-electron chi connectivity index (χ0n) is 34.1. The Morgan fingerprint density at radius 3 is 1.12 bits per heavy atom. The molecule has 0 aliphatic rings. The van der Waals surface area contributed by atoms with Crippen LogP contribution in [-0.4, -0.2) is 25.8 Å². The topological polar surface area (TPSA) is 40.5 Å². The molecule has 0 bridgehead atoms. The molecule has 2 aromatic rings. The van der Waals surface area contributed by atoms with Gasteiger partial charge in [0.2, 0.25) is 0 Å². The fourth-order valence-electron chi connectivity index (χ4n) is 6.28. The van der Waals surface area contributed by atoms with E-state index in [0.717, 1.165) is 28.7 Å². The maximum absolute atomic E-state index is 11.4. The van der Waals surface area contributed by atoms with E-state index < -0.39 is 0 Å². The summed E-state index contributed by atoms with van der Waals surface area (Å²) in [6.07, 6.45) is 14.8. The third-order valence-electron chi connectivity index (χ3n) is 9.36. The molecule has 2 N–H and O–H groups in total. The third-order valence-corrected chi connectivity index (χ3v) is 13.1. The van der Waals surface area contributed by atoms with E-state index in [-0.39, 0.29) is 26.2 Å². The quantitative estimate of drug-likeness (QED) is 0.0908. The van der Waals surface area contributed by atoms with E-state index in [1.807, 2.05) is 23.5 Å². The average Bonchev–Trinajstić information content (AvgIpc) is 2.95. The van der Waals surface area contributed by atoms with Gasteiger partial charge in [0.25, 0.3) is 0 Å². The number of hydrogen-bond acceptors (Lipinski definition) is 5. The first kappa shape index (κ1) is 44.3. The highest BCUT2D eigenvalue weighted by Crippen LogP contribution is 2.48. The molecule has 49 heavy (non-hydrogen) atoms. The Bertz CT molecular complexity index is 1130. The van der Waals surface area contributed by atoms with Crippen molar-refractivity contribution in [2.45, 2.75) is 209 Å². The first-order chi connectivity index (χ1) is 22.6. The van der Waals surface area contributed by atoms with Crippen LogP contribution in [0.4, 0.5) is 0 Å². The second-order valence-corrected chi connectivity index (χ2v) is 22.9. The van der Waals surface area contributed by atoms with Crippen LogP contribution >= 0.6 is 35.3 Å². The lowest BCUT2D eigenvalue weighted by Crippen LogP contribution is -2.18. The fraction of sp³-hybridized carbons (Fsp3) is 0.727. The Labute approximate surface area is 316 Å². The summed E-state index contributed by atoms with van der Waals surface area (Å²) in [7, 11) is 0. The van der Waals surface area contributed by atoms with E-state index in [2.05, 4.69) is 133 Å². The normalized spacial score (nSPS) is 13.8. The van der Waals surface area contributed by atoms with Gasteiger partial charge >= 0.3 is 0 Å². The van der Waals surface area contributed by atoms with E-state index in [1.165, 1.54) is 79.8 Å². The van der Waals surface area contributed by atoms with E-state index in [0.29, 0.717) is 16.7 Å². The zero-order valence-corrected chi connectivity index (χ0v) is 36.5. The summed E-state index contributed by atoms with van der Waals surface area (Å²) >= 11 is 6.03. The number of thioether (sulfide) groups is 3. The largest absolute Gasteiger partial charge is 0.507 e. The minimum atomic E-state index is -0.165. The lowest BCUT2D eigenvalue weighted by atomic mass is 9.79. The van der Waals surface area contributed by atoms with Crippen LogP contribution < -0.4 is 0 Å². The van der Waals surface area contributed by atoms with E-state index in [4.69, 9.17) is 0 Å². The highest BCUT2D eigenvalue weighted by atomic mass is 32.2. The Balaban J connectivity index is 2.33. The Morgan fingerprint density at radius 1 is 0.510 bits per heavy atom. The first-order valence-corrected chi connectivity index (χ1v) is 22.1. The molecule has 0 fully saturated rings. The smallest absolute Gasteiger partial charge is 0.123 e. The lowest BCUT2D eigenvalue weighted by molar-refractivity contribution is 0.421. The molecule has 0 radical (unpaired) electrons. The van der Waals surface area contributed by atoms with Crippen LogP contribution in [0, 0.1) is 0 Å². The minimum Gasteiger partial charge on any atom is -0.507 e. The van der Waals surface area contributed by atoms with Crippen molar-refractivity contribution in [3.63, 3.8) is 0 Å². The van der Waals surface area contributed by atoms with Gasteiger partial charge in [0, 0.05) is 37.3 Å². The summed E-state index contributed by atoms with van der Waals surface area (Å²) < 4.78 is 0.283. The molecule has 0 aromatic heterocycles. The van der Waals surface area contributed by atoms with Crippen LogP contribution in [-0.2, 0) is 21.7 Å². The van der Waals surface area contributed by atoms with Gasteiger partial charge in [-0.05, 0) is 64.5 Å². The van der Waals surface area contributed by atoms with Crippen molar-refractivity contribution in [2.75, 3.05) is 5.75 Å². The summed E-state index contributed by atoms with van der Waals surface area (Å²) in [5.41, 5.74) is 3.41. The van der Waals surface area contributed by atoms with Crippen molar-refractivity contribution in [3.05, 3.63) is 46.5 Å². The Kier molecular flexibility index (Phi) is 17.4. The van der Waals surface area contributed by atoms with Gasteiger partial charge < -0.3 is 10.2 Å². The summed E-state index contributed by atoms with van der Waals surface area (Å²) in [6, 6.07) is 8.95. The maximum Gasteiger partial charge on any atom is 0.123 e. The van der Waals surface area contributed by atoms with Crippen molar-refractivity contribution in [3.8, 4) is 11.5 Å². The lowest BCUT2D eigenvalue weighted by Gasteiger charge is -2.30. The predicted molar refractivity (Wildman–Crippen MR) is 225 cm³/mol. The van der Waals surface area contributed by atoms with Gasteiger partial charge in [-0.2, -0.15) is 11.8 Å². The molecule has 2 nitrogen and oxygen atoms in total. The molecule has 0 aliphatic heterocycles. The molecule has 0 amide bonds. The molecule has 0 spiro atoms. The molecule has 1 atom stereocenters. The number of phenols is 2. The number of rotatable bonds is 18. The van der Waals surface area contributed by atoms with Gasteiger partial charge in [0.05, 0.1) is 4.58 Å². The van der Waals surface area contributed by atoms with Gasteiger partial charge in [0.15, 0.2) is 0 Å². The molecule has 0 heterocycles. The standard InChI is InChI=1S/C44H74O2S3/c1-15-16-17-18-19-20-21-22-23-24-25-47-31(2)26-38(48-32-27-34(41(3,4)5)39(45)35(28-32)42(6,7)8)49-33-29-36(43(9,10)11)40(46)37(30-33)44(12,13)14/h27-31,38,45-46H,15-26H2,1-14H3. The zero-order chi connectivity index (χ0) is 37.2. The first-order valence-electron chi connectivity index (χ1n) is 19.3. The molecule has 0 saturated carbocycles. The summed E-state index contributed by atoms with van der Waals surface area (Å²) in [4.78, 5) is 2.45. The number of hydrogen-bond donors (Lipinski definition) is 2. The van der Waals surface area contributed by atoms with E-state index >= 15 is 0 Å². The average molecular weight is 731 g/mol. The molecule has 0 saturated heterocycles. The summed E-state index contributed by atoms with van der Waals surface area (Å²) in [6.45, 7) is 31.0. The molecule has 1 unspecified atom stereocenters. The van der Waals surface area contributed by atoms with Gasteiger partial charge in [-0.25, -0.2) is 0 Å². The van der Waals surface area contributed by atoms with Gasteiger partial charge in [-0.1, -0.05) is 155 Å². The molecular formula is C44H74O2S3. The van der Waals surface area contributed by atoms with Crippen LogP contribution in [0.1, 0.15) is 190 Å². The SMILES string of the molecule is CCCCCCCCCCCCSC(C)CC(Sc1cc(C(C)(C)C)c(O)c(C(C)(C)C)c1)Sc1cc(C(C)(C)C)c(O)c(C(C)(C)C)c1. The van der Waals surface area contributed by atoms with Crippen LogP contribution in [0.5, 0.6) is 11.5 Å². The van der Waals surface area contributed by atoms with Crippen LogP contribution in [0.15, 0.2) is 34.1 Å². The second-order valence-electron chi connectivity index (χ2n) is 18.5. The molecule has 5 heteroatoms. The summed E-state index contributed by atoms with van der Waals surface area (Å²) in [5.74, 6) is 2.11. The highest BCUT2D eigenvalue weighted by Gasteiger charge is 2.30. The van der Waals surface area contributed by atoms with Gasteiger partial charge in [-0.15, -0.1) is 23.5 Å². The predicted octanol–water partition coefficient (Wildman–Crippen LogP) is 14.9. The number of aromatic hydroxyl groups is 2. The molecule has 2 aromatic carbocycles. The van der Waals surface area contributed by atoms with E-state index in [9.17, 15) is 10.2 Å². The number of phenolic OH excluding ortho intramolecular Hbond substituents is 2. The highest BCUT2D eigenvalue weighted by molar-refractivity contribution is 8.17. The van der Waals surface area contributed by atoms with E-state index in [1.54, 1.807) is 0 Å². The molecule has 280 valence electrons. The third kappa shape index (κ3) is 14.9. The second kappa shape index (κ2) is 19.2. The van der Waals surface area contributed by atoms with Crippen molar-refractivity contribution in [2.24, 2.45) is 0 Å². The van der Waals surface area contributed by atoms with Crippen LogP contribution in [0.3, 0.4) is 0 Å². The maximum atomic E-state index is 11.4. The van der Waals surface area contributed by atoms with Crippen molar-refractivity contribution < 1.29 is 10.2 Å². The van der Waals surface area contributed by atoms with Crippen LogP contribution in [0.2, 0.25) is 0 Å². The van der Waals surface area contributed by atoms with Gasteiger partial charge in [0.1, 0.15) is 11.5 Å². The fourth-order valence-corrected chi connectivity index (χ4v) is 10.6.